The summed E-state index contributed by atoms with van der Waals surface area (Å²) < 4.78 is 5.29. The molecular formula is C17H25NO2. The number of rotatable bonds is 3. The summed E-state index contributed by atoms with van der Waals surface area (Å²) in [6.07, 6.45) is 1.68. The molecule has 0 spiro atoms. The summed E-state index contributed by atoms with van der Waals surface area (Å²) in [4.78, 5) is 12.4. The number of carbonyl (C=O) groups excluding carboxylic acids is 1. The normalized spacial score (nSPS) is 18.8. The highest BCUT2D eigenvalue weighted by Crippen LogP contribution is 2.24. The summed E-state index contributed by atoms with van der Waals surface area (Å²) in [7, 11) is 0. The molecule has 2 rings (SSSR count). The standard InChI is InChI=1S/C17H25NO2/c1-16(2,3)14-6-4-13(5-7-14)12-15(19)17(18)8-10-20-11-9-17/h4-7H,8-12,18H2,1-3H3. The Morgan fingerprint density at radius 1 is 1.20 bits per heavy atom. The van der Waals surface area contributed by atoms with E-state index >= 15 is 0 Å². The van der Waals surface area contributed by atoms with Crippen LogP contribution in [-0.4, -0.2) is 24.5 Å². The van der Waals surface area contributed by atoms with Gasteiger partial charge in [0.2, 0.25) is 0 Å². The Morgan fingerprint density at radius 3 is 2.25 bits per heavy atom. The fourth-order valence-corrected chi connectivity index (χ4v) is 2.50. The van der Waals surface area contributed by atoms with Crippen LogP contribution in [0.3, 0.4) is 0 Å². The van der Waals surface area contributed by atoms with Gasteiger partial charge in [0.25, 0.3) is 0 Å². The molecule has 0 atom stereocenters. The molecule has 0 aliphatic carbocycles. The van der Waals surface area contributed by atoms with Crippen molar-refractivity contribution in [1.29, 1.82) is 0 Å². The number of hydrogen-bond donors (Lipinski definition) is 1. The minimum atomic E-state index is -0.694. The molecule has 1 aromatic rings. The van der Waals surface area contributed by atoms with Gasteiger partial charge in [-0.15, -0.1) is 0 Å². The minimum absolute atomic E-state index is 0.129. The second-order valence-corrected chi connectivity index (χ2v) is 6.82. The van der Waals surface area contributed by atoms with Crippen molar-refractivity contribution in [2.45, 2.75) is 51.0 Å². The molecule has 0 unspecified atom stereocenters. The lowest BCUT2D eigenvalue weighted by atomic mass is 9.83. The van der Waals surface area contributed by atoms with E-state index in [2.05, 4.69) is 32.9 Å². The van der Waals surface area contributed by atoms with Gasteiger partial charge in [-0.2, -0.15) is 0 Å². The highest BCUT2D eigenvalue weighted by molar-refractivity contribution is 5.90. The molecule has 3 heteroatoms. The van der Waals surface area contributed by atoms with E-state index in [9.17, 15) is 4.79 Å². The Hall–Kier alpha value is -1.19. The predicted molar refractivity (Wildman–Crippen MR) is 80.8 cm³/mol. The first kappa shape index (κ1) is 15.2. The van der Waals surface area contributed by atoms with Crippen molar-refractivity contribution in [2.24, 2.45) is 5.73 Å². The average molecular weight is 275 g/mol. The smallest absolute Gasteiger partial charge is 0.157 e. The Morgan fingerprint density at radius 2 is 1.75 bits per heavy atom. The van der Waals surface area contributed by atoms with Crippen molar-refractivity contribution in [2.75, 3.05) is 13.2 Å². The van der Waals surface area contributed by atoms with Crippen molar-refractivity contribution in [3.8, 4) is 0 Å². The fourth-order valence-electron chi connectivity index (χ4n) is 2.50. The van der Waals surface area contributed by atoms with Crippen molar-refractivity contribution in [3.63, 3.8) is 0 Å². The van der Waals surface area contributed by atoms with Crippen LogP contribution in [0, 0.1) is 0 Å². The van der Waals surface area contributed by atoms with Gasteiger partial charge in [0.15, 0.2) is 5.78 Å². The molecule has 1 aromatic carbocycles. The number of hydrogen-bond acceptors (Lipinski definition) is 3. The maximum atomic E-state index is 12.4. The topological polar surface area (TPSA) is 52.3 Å². The number of Topliss-reactive ketones (excluding diaryl/α,β-unsaturated/α-hetero) is 1. The maximum absolute atomic E-state index is 12.4. The number of nitrogens with two attached hydrogens (primary N) is 1. The molecule has 0 bridgehead atoms. The SMILES string of the molecule is CC(C)(C)c1ccc(CC(=O)C2(N)CCOCC2)cc1. The van der Waals surface area contributed by atoms with E-state index in [0.717, 1.165) is 5.56 Å². The van der Waals surface area contributed by atoms with Crippen LogP contribution in [-0.2, 0) is 21.4 Å². The fraction of sp³-hybridized carbons (Fsp3) is 0.588. The first-order chi connectivity index (χ1) is 9.31. The van der Waals surface area contributed by atoms with Crippen LogP contribution in [0.2, 0.25) is 0 Å². The van der Waals surface area contributed by atoms with Gasteiger partial charge in [-0.25, -0.2) is 0 Å². The largest absolute Gasteiger partial charge is 0.381 e. The Labute approximate surface area is 121 Å². The highest BCUT2D eigenvalue weighted by Gasteiger charge is 2.35. The molecule has 1 saturated heterocycles. The first-order valence-corrected chi connectivity index (χ1v) is 7.31. The number of benzene rings is 1. The van der Waals surface area contributed by atoms with Gasteiger partial charge in [-0.05, 0) is 29.4 Å². The summed E-state index contributed by atoms with van der Waals surface area (Å²) in [6.45, 7) is 7.73. The van der Waals surface area contributed by atoms with E-state index in [0.29, 0.717) is 32.5 Å². The molecule has 110 valence electrons. The third-order valence-corrected chi connectivity index (χ3v) is 4.12. The quantitative estimate of drug-likeness (QED) is 0.922. The van der Waals surface area contributed by atoms with Crippen molar-refractivity contribution in [1.82, 2.24) is 0 Å². The zero-order valence-electron chi connectivity index (χ0n) is 12.7. The van der Waals surface area contributed by atoms with Crippen LogP contribution in [0.25, 0.3) is 0 Å². The minimum Gasteiger partial charge on any atom is -0.381 e. The number of ether oxygens (including phenoxy) is 1. The van der Waals surface area contributed by atoms with Crippen molar-refractivity contribution < 1.29 is 9.53 Å². The van der Waals surface area contributed by atoms with Crippen molar-refractivity contribution >= 4 is 5.78 Å². The van der Waals surface area contributed by atoms with Crippen LogP contribution >= 0.6 is 0 Å². The van der Waals surface area contributed by atoms with Gasteiger partial charge in [-0.1, -0.05) is 45.0 Å². The lowest BCUT2D eigenvalue weighted by molar-refractivity contribution is -0.126. The monoisotopic (exact) mass is 275 g/mol. The van der Waals surface area contributed by atoms with Gasteiger partial charge in [0.05, 0.1) is 5.54 Å². The van der Waals surface area contributed by atoms with Gasteiger partial charge in [-0.3, -0.25) is 4.79 Å². The Kier molecular flexibility index (Phi) is 4.31. The summed E-state index contributed by atoms with van der Waals surface area (Å²) in [5.41, 5.74) is 7.98. The molecule has 1 fully saturated rings. The average Bonchev–Trinajstić information content (AvgIpc) is 2.39. The zero-order valence-corrected chi connectivity index (χ0v) is 12.7. The van der Waals surface area contributed by atoms with E-state index in [4.69, 9.17) is 10.5 Å². The highest BCUT2D eigenvalue weighted by atomic mass is 16.5. The van der Waals surface area contributed by atoms with Crippen LogP contribution in [0.5, 0.6) is 0 Å². The second kappa shape index (κ2) is 5.66. The van der Waals surface area contributed by atoms with Crippen LogP contribution in [0.4, 0.5) is 0 Å². The Balaban J connectivity index is 2.04. The summed E-state index contributed by atoms with van der Waals surface area (Å²) in [6, 6.07) is 8.30. The van der Waals surface area contributed by atoms with Crippen LogP contribution < -0.4 is 5.73 Å². The summed E-state index contributed by atoms with van der Waals surface area (Å²) in [5.74, 6) is 0.129. The maximum Gasteiger partial charge on any atom is 0.157 e. The number of ketones is 1. The molecule has 1 heterocycles. The molecule has 3 nitrogen and oxygen atoms in total. The molecule has 1 aliphatic heterocycles. The molecule has 1 aliphatic rings. The van der Waals surface area contributed by atoms with Gasteiger partial charge < -0.3 is 10.5 Å². The van der Waals surface area contributed by atoms with E-state index in [-0.39, 0.29) is 11.2 Å². The molecular weight excluding hydrogens is 250 g/mol. The van der Waals surface area contributed by atoms with E-state index in [1.807, 2.05) is 12.1 Å². The van der Waals surface area contributed by atoms with E-state index in [1.165, 1.54) is 5.56 Å². The van der Waals surface area contributed by atoms with E-state index in [1.54, 1.807) is 0 Å². The number of carbonyl (C=O) groups is 1. The predicted octanol–water partition coefficient (Wildman–Crippen LogP) is 2.60. The van der Waals surface area contributed by atoms with Gasteiger partial charge >= 0.3 is 0 Å². The van der Waals surface area contributed by atoms with Crippen LogP contribution in [0.1, 0.15) is 44.7 Å². The second-order valence-electron chi connectivity index (χ2n) is 6.82. The van der Waals surface area contributed by atoms with Gasteiger partial charge in [0, 0.05) is 19.6 Å². The van der Waals surface area contributed by atoms with E-state index < -0.39 is 5.54 Å². The molecule has 0 saturated carbocycles. The van der Waals surface area contributed by atoms with Gasteiger partial charge in [0.1, 0.15) is 0 Å². The molecule has 0 radical (unpaired) electrons. The summed E-state index contributed by atoms with van der Waals surface area (Å²) in [5, 5.41) is 0. The molecule has 2 N–H and O–H groups in total. The molecule has 20 heavy (non-hydrogen) atoms. The third kappa shape index (κ3) is 3.47. The van der Waals surface area contributed by atoms with Crippen molar-refractivity contribution in [3.05, 3.63) is 35.4 Å². The van der Waals surface area contributed by atoms with Crippen LogP contribution in [0.15, 0.2) is 24.3 Å². The zero-order chi connectivity index (χ0) is 14.8. The first-order valence-electron chi connectivity index (χ1n) is 7.31. The lowest BCUT2D eigenvalue weighted by Crippen LogP contribution is -2.52. The third-order valence-electron chi connectivity index (χ3n) is 4.12. The Bertz CT molecular complexity index is 465. The molecule has 0 amide bonds. The lowest BCUT2D eigenvalue weighted by Gasteiger charge is -2.31. The molecule has 0 aromatic heterocycles. The summed E-state index contributed by atoms with van der Waals surface area (Å²) >= 11 is 0.